The summed E-state index contributed by atoms with van der Waals surface area (Å²) in [5.41, 5.74) is 5.78. The maximum Gasteiger partial charge on any atom is 0.247 e. The molecular weight excluding hydrogens is 196 g/mol. The minimum atomic E-state index is 0.209. The molecule has 4 heteroatoms. The molecule has 4 atom stereocenters. The molecule has 0 aromatic carbocycles. The van der Waals surface area contributed by atoms with Crippen LogP contribution in [0.1, 0.15) is 25.7 Å². The molecule has 14 heavy (non-hydrogen) atoms. The van der Waals surface area contributed by atoms with Crippen LogP contribution in [0.25, 0.3) is 0 Å². The number of hydrazine groups is 1. The van der Waals surface area contributed by atoms with Crippen molar-refractivity contribution in [3.05, 3.63) is 0 Å². The summed E-state index contributed by atoms with van der Waals surface area (Å²) in [5.74, 6) is 1.61. The summed E-state index contributed by atoms with van der Waals surface area (Å²) in [5, 5.41) is 1.01. The molecule has 0 bridgehead atoms. The van der Waals surface area contributed by atoms with Gasteiger partial charge in [0.15, 0.2) is 0 Å². The van der Waals surface area contributed by atoms with Crippen molar-refractivity contribution in [2.45, 2.75) is 36.2 Å². The lowest BCUT2D eigenvalue weighted by Gasteiger charge is -2.31. The molecule has 0 aromatic heterocycles. The molecule has 0 aromatic rings. The summed E-state index contributed by atoms with van der Waals surface area (Å²) < 4.78 is 0. The minimum absolute atomic E-state index is 0.209. The van der Waals surface area contributed by atoms with Crippen molar-refractivity contribution in [1.82, 2.24) is 10.9 Å². The Balaban J connectivity index is 1.82. The van der Waals surface area contributed by atoms with Gasteiger partial charge in [-0.1, -0.05) is 12.8 Å². The van der Waals surface area contributed by atoms with Crippen LogP contribution in [0, 0.1) is 11.8 Å². The van der Waals surface area contributed by atoms with Crippen LogP contribution < -0.4 is 10.9 Å². The van der Waals surface area contributed by atoms with E-state index in [-0.39, 0.29) is 11.2 Å². The number of amides is 1. The molecule has 1 saturated carbocycles. The molecule has 0 spiro atoms. The highest BCUT2D eigenvalue weighted by atomic mass is 32.2. The van der Waals surface area contributed by atoms with E-state index in [1.165, 1.54) is 25.7 Å². The number of thioether (sulfide) groups is 1. The van der Waals surface area contributed by atoms with Gasteiger partial charge in [0.25, 0.3) is 0 Å². The summed E-state index contributed by atoms with van der Waals surface area (Å²) in [6, 6.07) is 0. The summed E-state index contributed by atoms with van der Waals surface area (Å²) in [4.78, 5) is 11.6. The highest BCUT2D eigenvalue weighted by Gasteiger charge is 2.48. The van der Waals surface area contributed by atoms with Gasteiger partial charge in [-0.05, 0) is 24.7 Å². The zero-order valence-electron chi connectivity index (χ0n) is 8.16. The standard InChI is InChI=1S/C10H16N2OS/c13-10-9-7(5-11-12-10)6-3-1-2-4-8(6)14-9/h6-9,11H,1-5H2,(H,12,13). The van der Waals surface area contributed by atoms with Gasteiger partial charge in [0.1, 0.15) is 0 Å². The second kappa shape index (κ2) is 3.42. The van der Waals surface area contributed by atoms with E-state index in [9.17, 15) is 4.79 Å². The van der Waals surface area contributed by atoms with Crippen molar-refractivity contribution in [1.29, 1.82) is 0 Å². The molecule has 3 nitrogen and oxygen atoms in total. The van der Waals surface area contributed by atoms with Gasteiger partial charge < -0.3 is 0 Å². The smallest absolute Gasteiger partial charge is 0.247 e. The molecule has 1 amide bonds. The Morgan fingerprint density at radius 1 is 1.21 bits per heavy atom. The fraction of sp³-hybridized carbons (Fsp3) is 0.900. The topological polar surface area (TPSA) is 41.1 Å². The second-order valence-electron chi connectivity index (χ2n) is 4.58. The molecule has 2 aliphatic heterocycles. The third kappa shape index (κ3) is 1.27. The molecule has 2 saturated heterocycles. The van der Waals surface area contributed by atoms with Crippen LogP contribution in [0.3, 0.4) is 0 Å². The minimum Gasteiger partial charge on any atom is -0.291 e. The van der Waals surface area contributed by atoms with Gasteiger partial charge in [0, 0.05) is 11.8 Å². The van der Waals surface area contributed by atoms with Crippen LogP contribution >= 0.6 is 11.8 Å². The van der Waals surface area contributed by atoms with Crippen LogP contribution in [0.4, 0.5) is 0 Å². The molecule has 3 aliphatic rings. The number of hydrogen-bond donors (Lipinski definition) is 2. The number of carbonyl (C=O) groups excluding carboxylic acids is 1. The highest BCUT2D eigenvalue weighted by Crippen LogP contribution is 2.50. The zero-order valence-corrected chi connectivity index (χ0v) is 8.98. The Bertz CT molecular complexity index is 259. The van der Waals surface area contributed by atoms with Crippen LogP contribution in [0.5, 0.6) is 0 Å². The van der Waals surface area contributed by atoms with E-state index in [1.807, 2.05) is 11.8 Å². The van der Waals surface area contributed by atoms with E-state index in [0.29, 0.717) is 5.92 Å². The first kappa shape index (κ1) is 9.04. The molecule has 3 fully saturated rings. The number of fused-ring (bicyclic) bond motifs is 3. The largest absolute Gasteiger partial charge is 0.291 e. The van der Waals surface area contributed by atoms with Crippen molar-refractivity contribution in [3.63, 3.8) is 0 Å². The van der Waals surface area contributed by atoms with E-state index in [1.54, 1.807) is 0 Å². The van der Waals surface area contributed by atoms with Crippen molar-refractivity contribution < 1.29 is 4.79 Å². The van der Waals surface area contributed by atoms with Crippen LogP contribution in [-0.4, -0.2) is 23.0 Å². The third-order valence-corrected chi connectivity index (χ3v) is 5.61. The highest BCUT2D eigenvalue weighted by molar-refractivity contribution is 8.01. The van der Waals surface area contributed by atoms with E-state index >= 15 is 0 Å². The molecule has 3 rings (SSSR count). The maximum atomic E-state index is 11.6. The Kier molecular flexibility index (Phi) is 2.21. The molecule has 2 heterocycles. The first-order chi connectivity index (χ1) is 6.86. The fourth-order valence-electron chi connectivity index (χ4n) is 3.14. The normalized spacial score (nSPS) is 46.7. The summed E-state index contributed by atoms with van der Waals surface area (Å²) in [6.07, 6.45) is 5.40. The predicted molar refractivity (Wildman–Crippen MR) is 56.8 cm³/mol. The zero-order chi connectivity index (χ0) is 9.54. The first-order valence-corrected chi connectivity index (χ1v) is 6.49. The summed E-state index contributed by atoms with van der Waals surface area (Å²) >= 11 is 1.93. The third-order valence-electron chi connectivity index (χ3n) is 3.82. The van der Waals surface area contributed by atoms with E-state index in [0.717, 1.165) is 17.7 Å². The fourth-order valence-corrected chi connectivity index (χ4v) is 5.04. The van der Waals surface area contributed by atoms with E-state index in [4.69, 9.17) is 0 Å². The Morgan fingerprint density at radius 3 is 3.00 bits per heavy atom. The average Bonchev–Trinajstić information content (AvgIpc) is 2.59. The lowest BCUT2D eigenvalue weighted by molar-refractivity contribution is -0.124. The van der Waals surface area contributed by atoms with E-state index < -0.39 is 0 Å². The van der Waals surface area contributed by atoms with Gasteiger partial charge >= 0.3 is 0 Å². The number of hydrogen-bond acceptors (Lipinski definition) is 3. The van der Waals surface area contributed by atoms with Gasteiger partial charge in [0.05, 0.1) is 5.25 Å². The molecule has 1 aliphatic carbocycles. The van der Waals surface area contributed by atoms with Gasteiger partial charge in [-0.3, -0.25) is 10.2 Å². The molecule has 0 radical (unpaired) electrons. The Hall–Kier alpha value is -0.220. The molecule has 78 valence electrons. The summed E-state index contributed by atoms with van der Waals surface area (Å²) in [7, 11) is 0. The van der Waals surface area contributed by atoms with Crippen molar-refractivity contribution in [3.8, 4) is 0 Å². The second-order valence-corrected chi connectivity index (χ2v) is 5.96. The first-order valence-electron chi connectivity index (χ1n) is 5.54. The van der Waals surface area contributed by atoms with Gasteiger partial charge in [-0.25, -0.2) is 5.43 Å². The monoisotopic (exact) mass is 212 g/mol. The molecular formula is C10H16N2OS. The number of carbonyl (C=O) groups is 1. The van der Waals surface area contributed by atoms with E-state index in [2.05, 4.69) is 10.9 Å². The van der Waals surface area contributed by atoms with Gasteiger partial charge in [0.2, 0.25) is 5.91 Å². The van der Waals surface area contributed by atoms with Crippen molar-refractivity contribution in [2.75, 3.05) is 6.54 Å². The average molecular weight is 212 g/mol. The maximum absolute atomic E-state index is 11.6. The van der Waals surface area contributed by atoms with Gasteiger partial charge in [-0.15, -0.1) is 11.8 Å². The van der Waals surface area contributed by atoms with Crippen molar-refractivity contribution >= 4 is 17.7 Å². The van der Waals surface area contributed by atoms with Crippen LogP contribution in [0.15, 0.2) is 0 Å². The lowest BCUT2D eigenvalue weighted by Crippen LogP contribution is -2.54. The molecule has 2 N–H and O–H groups in total. The quantitative estimate of drug-likeness (QED) is 0.627. The number of nitrogens with one attached hydrogen (secondary N) is 2. The lowest BCUT2D eigenvalue weighted by atomic mass is 9.78. The van der Waals surface area contributed by atoms with Crippen molar-refractivity contribution in [2.24, 2.45) is 11.8 Å². The summed E-state index contributed by atoms with van der Waals surface area (Å²) in [6.45, 7) is 0.977. The van der Waals surface area contributed by atoms with Crippen LogP contribution in [0.2, 0.25) is 0 Å². The predicted octanol–water partition coefficient (Wildman–Crippen LogP) is 0.911. The SMILES string of the molecule is O=C1NNCC2C1SC1CCCCC12. The molecule has 4 unspecified atom stereocenters. The Labute approximate surface area is 88.4 Å². The van der Waals surface area contributed by atoms with Gasteiger partial charge in [-0.2, -0.15) is 0 Å². The number of rotatable bonds is 0. The van der Waals surface area contributed by atoms with Crippen LogP contribution in [-0.2, 0) is 4.79 Å². The Morgan fingerprint density at radius 2 is 2.07 bits per heavy atom.